The van der Waals surface area contributed by atoms with E-state index in [0.29, 0.717) is 12.3 Å². The number of fused-ring (bicyclic) bond motifs is 1. The average molecular weight is 388 g/mol. The van der Waals surface area contributed by atoms with Gasteiger partial charge in [-0.1, -0.05) is 73.7 Å². The summed E-state index contributed by atoms with van der Waals surface area (Å²) >= 11 is 0. The van der Waals surface area contributed by atoms with Crippen LogP contribution in [0.25, 0.3) is 10.8 Å². The second-order valence-electron chi connectivity index (χ2n) is 7.95. The number of hydrogen-bond acceptors (Lipinski definition) is 2. The van der Waals surface area contributed by atoms with E-state index < -0.39 is 6.10 Å². The second kappa shape index (κ2) is 9.13. The van der Waals surface area contributed by atoms with Crippen LogP contribution < -0.4 is 4.74 Å². The smallest absolute Gasteiger partial charge is 0.263 e. The van der Waals surface area contributed by atoms with Crippen LogP contribution in [0.1, 0.15) is 31.7 Å². The van der Waals surface area contributed by atoms with Crippen molar-refractivity contribution in [2.24, 2.45) is 5.92 Å². The number of hydrogen-bond donors (Lipinski definition) is 0. The molecule has 3 heteroatoms. The van der Waals surface area contributed by atoms with Gasteiger partial charge in [0.1, 0.15) is 5.75 Å². The van der Waals surface area contributed by atoms with Gasteiger partial charge in [0.15, 0.2) is 6.10 Å². The highest BCUT2D eigenvalue weighted by Gasteiger charge is 2.29. The van der Waals surface area contributed by atoms with E-state index in [9.17, 15) is 4.79 Å². The van der Waals surface area contributed by atoms with Crippen molar-refractivity contribution < 1.29 is 9.53 Å². The van der Waals surface area contributed by atoms with Crippen LogP contribution in [0.3, 0.4) is 0 Å². The van der Waals surface area contributed by atoms with Crippen LogP contribution in [0, 0.1) is 5.92 Å². The number of benzene rings is 3. The first-order valence-electron chi connectivity index (χ1n) is 10.7. The first-order valence-corrected chi connectivity index (χ1v) is 10.7. The number of piperidine rings is 1. The van der Waals surface area contributed by atoms with Gasteiger partial charge in [-0.15, -0.1) is 0 Å². The molecule has 1 fully saturated rings. The summed E-state index contributed by atoms with van der Waals surface area (Å²) in [7, 11) is 0. The van der Waals surface area contributed by atoms with Gasteiger partial charge in [0, 0.05) is 18.5 Å². The molecule has 0 aliphatic carbocycles. The normalized spacial score (nSPS) is 16.0. The summed E-state index contributed by atoms with van der Waals surface area (Å²) in [4.78, 5) is 15.1. The summed E-state index contributed by atoms with van der Waals surface area (Å²) in [6.45, 7) is 3.67. The fourth-order valence-corrected chi connectivity index (χ4v) is 4.27. The maximum absolute atomic E-state index is 13.1. The van der Waals surface area contributed by atoms with Crippen molar-refractivity contribution in [2.45, 2.75) is 38.7 Å². The first-order chi connectivity index (χ1) is 14.2. The van der Waals surface area contributed by atoms with Crippen molar-refractivity contribution in [1.82, 2.24) is 4.90 Å². The highest BCUT2D eigenvalue weighted by molar-refractivity contribution is 5.89. The monoisotopic (exact) mass is 387 g/mol. The number of carbonyl (C=O) groups excluding carboxylic acids is 1. The van der Waals surface area contributed by atoms with Gasteiger partial charge < -0.3 is 9.64 Å². The fraction of sp³-hybridized carbons (Fsp3) is 0.346. The third-order valence-electron chi connectivity index (χ3n) is 5.96. The van der Waals surface area contributed by atoms with Crippen LogP contribution in [0.2, 0.25) is 0 Å². The number of nitrogens with zero attached hydrogens (tertiary/aromatic N) is 1. The molecule has 1 aliphatic rings. The van der Waals surface area contributed by atoms with E-state index in [4.69, 9.17) is 4.74 Å². The second-order valence-corrected chi connectivity index (χ2v) is 7.95. The predicted octanol–water partition coefficient (Wildman–Crippen LogP) is 5.48. The Morgan fingerprint density at radius 3 is 2.41 bits per heavy atom. The van der Waals surface area contributed by atoms with Gasteiger partial charge in [-0.3, -0.25) is 4.79 Å². The topological polar surface area (TPSA) is 29.5 Å². The molecule has 1 saturated heterocycles. The molecule has 0 spiro atoms. The minimum atomic E-state index is -0.425. The lowest BCUT2D eigenvalue weighted by atomic mass is 9.90. The zero-order valence-electron chi connectivity index (χ0n) is 17.1. The maximum atomic E-state index is 13.1. The van der Waals surface area contributed by atoms with Crippen molar-refractivity contribution in [3.8, 4) is 5.75 Å². The van der Waals surface area contributed by atoms with Crippen LogP contribution >= 0.6 is 0 Å². The molecule has 0 saturated carbocycles. The Hall–Kier alpha value is -2.81. The molecular weight excluding hydrogens is 358 g/mol. The minimum absolute atomic E-state index is 0.124. The SMILES string of the molecule is CC[C@H](Oc1cccc2ccccc12)C(=O)N1CCC(Cc2ccccc2)CC1. The Morgan fingerprint density at radius 2 is 1.66 bits per heavy atom. The van der Waals surface area contributed by atoms with Crippen molar-refractivity contribution >= 4 is 16.7 Å². The lowest BCUT2D eigenvalue weighted by Gasteiger charge is -2.34. The number of rotatable bonds is 6. The van der Waals surface area contributed by atoms with Gasteiger partial charge >= 0.3 is 0 Å². The number of carbonyl (C=O) groups is 1. The molecule has 0 bridgehead atoms. The molecule has 1 heterocycles. The van der Waals surface area contributed by atoms with E-state index in [1.807, 2.05) is 36.1 Å². The van der Waals surface area contributed by atoms with Crippen LogP contribution in [-0.4, -0.2) is 30.0 Å². The zero-order valence-corrected chi connectivity index (χ0v) is 17.1. The minimum Gasteiger partial charge on any atom is -0.480 e. The predicted molar refractivity (Wildman–Crippen MR) is 118 cm³/mol. The molecule has 3 aromatic rings. The molecule has 0 N–H and O–H groups in total. The number of ether oxygens (including phenoxy) is 1. The van der Waals surface area contributed by atoms with Crippen molar-refractivity contribution in [3.05, 3.63) is 78.4 Å². The average Bonchev–Trinajstić information content (AvgIpc) is 2.78. The summed E-state index contributed by atoms with van der Waals surface area (Å²) in [6, 6.07) is 24.8. The van der Waals surface area contributed by atoms with Crippen LogP contribution in [0.4, 0.5) is 0 Å². The number of amides is 1. The standard InChI is InChI=1S/C26H29NO2/c1-2-24(29-25-14-8-12-22-11-6-7-13-23(22)25)26(28)27-17-15-21(16-18-27)19-20-9-4-3-5-10-20/h3-14,21,24H,2,15-19H2,1H3/t24-/m0/s1. The van der Waals surface area contributed by atoms with Crippen molar-refractivity contribution in [3.63, 3.8) is 0 Å². The first kappa shape index (κ1) is 19.5. The van der Waals surface area contributed by atoms with Gasteiger partial charge in [-0.2, -0.15) is 0 Å². The molecular formula is C26H29NO2. The Labute approximate surface area is 173 Å². The van der Waals surface area contributed by atoms with Gasteiger partial charge in [-0.25, -0.2) is 0 Å². The summed E-state index contributed by atoms with van der Waals surface area (Å²) in [5.74, 6) is 1.57. The molecule has 0 unspecified atom stereocenters. The zero-order chi connectivity index (χ0) is 20.1. The molecule has 150 valence electrons. The summed E-state index contributed by atoms with van der Waals surface area (Å²) in [5, 5.41) is 2.19. The highest BCUT2D eigenvalue weighted by Crippen LogP contribution is 2.28. The van der Waals surface area contributed by atoms with Gasteiger partial charge in [-0.05, 0) is 48.6 Å². The third-order valence-corrected chi connectivity index (χ3v) is 5.96. The van der Waals surface area contributed by atoms with E-state index in [2.05, 4.69) is 48.5 Å². The Balaban J connectivity index is 1.38. The van der Waals surface area contributed by atoms with Crippen LogP contribution in [0.15, 0.2) is 72.8 Å². The Morgan fingerprint density at radius 1 is 0.966 bits per heavy atom. The molecule has 3 aromatic carbocycles. The summed E-state index contributed by atoms with van der Waals surface area (Å²) in [5.41, 5.74) is 1.39. The number of likely N-dealkylation sites (tertiary alicyclic amines) is 1. The molecule has 1 amide bonds. The van der Waals surface area contributed by atoms with Gasteiger partial charge in [0.25, 0.3) is 5.91 Å². The van der Waals surface area contributed by atoms with Crippen molar-refractivity contribution in [1.29, 1.82) is 0 Å². The highest BCUT2D eigenvalue weighted by atomic mass is 16.5. The largest absolute Gasteiger partial charge is 0.480 e. The summed E-state index contributed by atoms with van der Waals surface area (Å²) in [6.07, 6.45) is 3.47. The Bertz CT molecular complexity index is 940. The van der Waals surface area contributed by atoms with Crippen molar-refractivity contribution in [2.75, 3.05) is 13.1 Å². The maximum Gasteiger partial charge on any atom is 0.263 e. The van der Waals surface area contributed by atoms with E-state index in [-0.39, 0.29) is 5.91 Å². The molecule has 0 radical (unpaired) electrons. The van der Waals surface area contributed by atoms with E-state index in [1.54, 1.807) is 0 Å². The lowest BCUT2D eigenvalue weighted by Crippen LogP contribution is -2.45. The van der Waals surface area contributed by atoms with Crippen LogP contribution in [0.5, 0.6) is 5.75 Å². The van der Waals surface area contributed by atoms with E-state index >= 15 is 0 Å². The van der Waals surface area contributed by atoms with Gasteiger partial charge in [0.2, 0.25) is 0 Å². The fourth-order valence-electron chi connectivity index (χ4n) is 4.27. The third kappa shape index (κ3) is 4.61. The lowest BCUT2D eigenvalue weighted by molar-refractivity contribution is -0.140. The molecule has 0 aromatic heterocycles. The van der Waals surface area contributed by atoms with Crippen LogP contribution in [-0.2, 0) is 11.2 Å². The Kier molecular flexibility index (Phi) is 6.14. The molecule has 4 rings (SSSR count). The van der Waals surface area contributed by atoms with E-state index in [0.717, 1.165) is 48.9 Å². The molecule has 3 nitrogen and oxygen atoms in total. The molecule has 1 aliphatic heterocycles. The van der Waals surface area contributed by atoms with Gasteiger partial charge in [0.05, 0.1) is 0 Å². The molecule has 29 heavy (non-hydrogen) atoms. The van der Waals surface area contributed by atoms with E-state index in [1.165, 1.54) is 5.56 Å². The quantitative estimate of drug-likeness (QED) is 0.561. The molecule has 1 atom stereocenters. The summed E-state index contributed by atoms with van der Waals surface area (Å²) < 4.78 is 6.22.